The molecule has 1 aliphatic rings. The predicted octanol–water partition coefficient (Wildman–Crippen LogP) is 0.818. The van der Waals surface area contributed by atoms with E-state index in [0.717, 1.165) is 0 Å². The number of ether oxygens (including phenoxy) is 1. The third-order valence-corrected chi connectivity index (χ3v) is 1.78. The number of methoxy groups -OCH3 is 1. The topological polar surface area (TPSA) is 38.7 Å². The Labute approximate surface area is 63.2 Å². The normalized spacial score (nSPS) is 16.3. The van der Waals surface area contributed by atoms with E-state index >= 15 is 0 Å². The van der Waals surface area contributed by atoms with Crippen LogP contribution in [0.5, 0.6) is 0 Å². The molecule has 54 valence electrons. The standard InChI is InChI=1S/C6H7NO2S/c1-9-6(8)5-4-10-3-2-7-5/h2-3H,4H2,1H3. The Bertz CT molecular complexity index is 198. The SMILES string of the molecule is COC(=O)C1=NC=CSC1. The molecule has 0 atom stereocenters. The fourth-order valence-electron chi connectivity index (χ4n) is 0.557. The maximum absolute atomic E-state index is 10.8. The van der Waals surface area contributed by atoms with E-state index in [0.29, 0.717) is 11.5 Å². The minimum atomic E-state index is -0.336. The molecule has 0 spiro atoms. The molecule has 1 aliphatic heterocycles. The molecule has 0 bridgehead atoms. The molecule has 0 aromatic carbocycles. The van der Waals surface area contributed by atoms with Crippen molar-refractivity contribution in [3.8, 4) is 0 Å². The van der Waals surface area contributed by atoms with Gasteiger partial charge in [0, 0.05) is 12.0 Å². The van der Waals surface area contributed by atoms with Crippen molar-refractivity contribution >= 4 is 23.4 Å². The third kappa shape index (κ3) is 1.60. The molecular weight excluding hydrogens is 150 g/mol. The summed E-state index contributed by atoms with van der Waals surface area (Å²) in [7, 11) is 1.36. The van der Waals surface area contributed by atoms with Gasteiger partial charge in [0.05, 0.1) is 7.11 Å². The number of carbonyl (C=O) groups is 1. The fourth-order valence-corrected chi connectivity index (χ4v) is 1.15. The summed E-state index contributed by atoms with van der Waals surface area (Å²) in [5.41, 5.74) is 0.481. The molecule has 0 aromatic heterocycles. The largest absolute Gasteiger partial charge is 0.465 e. The molecule has 0 amide bonds. The van der Waals surface area contributed by atoms with Crippen LogP contribution in [0.2, 0.25) is 0 Å². The first-order valence-corrected chi connectivity index (χ1v) is 3.81. The van der Waals surface area contributed by atoms with Gasteiger partial charge < -0.3 is 4.74 Å². The van der Waals surface area contributed by atoms with Crippen LogP contribution in [0.1, 0.15) is 0 Å². The second kappa shape index (κ2) is 3.41. The van der Waals surface area contributed by atoms with Crippen LogP contribution < -0.4 is 0 Å². The summed E-state index contributed by atoms with van der Waals surface area (Å²) in [6, 6.07) is 0. The third-order valence-electron chi connectivity index (χ3n) is 1.03. The number of rotatable bonds is 1. The van der Waals surface area contributed by atoms with Gasteiger partial charge in [0.2, 0.25) is 0 Å². The summed E-state index contributed by atoms with van der Waals surface area (Å²) in [4.78, 5) is 14.6. The van der Waals surface area contributed by atoms with Crippen molar-refractivity contribution in [3.05, 3.63) is 11.6 Å². The van der Waals surface area contributed by atoms with Crippen LogP contribution in [-0.4, -0.2) is 24.5 Å². The molecule has 0 saturated carbocycles. The summed E-state index contributed by atoms with van der Waals surface area (Å²) in [5, 5.41) is 1.84. The molecule has 0 unspecified atom stereocenters. The maximum atomic E-state index is 10.8. The minimum absolute atomic E-state index is 0.336. The van der Waals surface area contributed by atoms with E-state index < -0.39 is 0 Å². The average Bonchev–Trinajstić information content (AvgIpc) is 2.05. The van der Waals surface area contributed by atoms with Gasteiger partial charge in [-0.25, -0.2) is 4.79 Å². The molecular formula is C6H7NO2S. The van der Waals surface area contributed by atoms with E-state index in [1.807, 2.05) is 5.41 Å². The maximum Gasteiger partial charge on any atom is 0.353 e. The molecule has 1 heterocycles. The number of hydrogen-bond donors (Lipinski definition) is 0. The number of nitrogens with zero attached hydrogens (tertiary/aromatic N) is 1. The Morgan fingerprint density at radius 3 is 3.20 bits per heavy atom. The van der Waals surface area contributed by atoms with Crippen molar-refractivity contribution in [2.24, 2.45) is 4.99 Å². The zero-order chi connectivity index (χ0) is 7.40. The van der Waals surface area contributed by atoms with Gasteiger partial charge in [0.15, 0.2) is 0 Å². The van der Waals surface area contributed by atoms with Gasteiger partial charge in [0.25, 0.3) is 0 Å². The van der Waals surface area contributed by atoms with Crippen molar-refractivity contribution in [1.29, 1.82) is 0 Å². The van der Waals surface area contributed by atoms with Gasteiger partial charge >= 0.3 is 5.97 Å². The molecule has 0 fully saturated rings. The first-order valence-electron chi connectivity index (χ1n) is 2.76. The summed E-state index contributed by atoms with van der Waals surface area (Å²) in [5.74, 6) is 0.278. The average molecular weight is 157 g/mol. The molecule has 0 aromatic rings. The number of esters is 1. The Hall–Kier alpha value is -0.770. The summed E-state index contributed by atoms with van der Waals surface area (Å²) < 4.78 is 4.47. The predicted molar refractivity (Wildman–Crippen MR) is 41.0 cm³/mol. The van der Waals surface area contributed by atoms with Crippen LogP contribution in [0.15, 0.2) is 16.6 Å². The Kier molecular flexibility index (Phi) is 2.50. The van der Waals surface area contributed by atoms with Gasteiger partial charge in [-0.15, -0.1) is 11.8 Å². The lowest BCUT2D eigenvalue weighted by Gasteiger charge is -2.03. The fraction of sp³-hybridized carbons (Fsp3) is 0.333. The lowest BCUT2D eigenvalue weighted by molar-refractivity contribution is -0.132. The van der Waals surface area contributed by atoms with Crippen LogP contribution in [0, 0.1) is 0 Å². The van der Waals surface area contributed by atoms with Gasteiger partial charge in [-0.1, -0.05) is 0 Å². The van der Waals surface area contributed by atoms with Crippen molar-refractivity contribution in [1.82, 2.24) is 0 Å². The van der Waals surface area contributed by atoms with E-state index in [9.17, 15) is 4.79 Å². The smallest absolute Gasteiger partial charge is 0.353 e. The van der Waals surface area contributed by atoms with E-state index in [-0.39, 0.29) is 5.97 Å². The van der Waals surface area contributed by atoms with E-state index in [4.69, 9.17) is 0 Å². The highest BCUT2D eigenvalue weighted by Gasteiger charge is 2.11. The van der Waals surface area contributed by atoms with Gasteiger partial charge in [-0.05, 0) is 5.41 Å². The minimum Gasteiger partial charge on any atom is -0.465 e. The van der Waals surface area contributed by atoms with Crippen LogP contribution in [-0.2, 0) is 9.53 Å². The number of aliphatic imine (C=N–C) groups is 1. The van der Waals surface area contributed by atoms with E-state index in [1.165, 1.54) is 18.9 Å². The van der Waals surface area contributed by atoms with E-state index in [1.54, 1.807) is 6.20 Å². The quantitative estimate of drug-likeness (QED) is 0.529. The molecule has 0 aliphatic carbocycles. The number of thioether (sulfide) groups is 1. The summed E-state index contributed by atoms with van der Waals surface area (Å²) in [6.07, 6.45) is 1.60. The molecule has 1 rings (SSSR count). The highest BCUT2D eigenvalue weighted by Crippen LogP contribution is 2.08. The Morgan fingerprint density at radius 1 is 1.90 bits per heavy atom. The first-order chi connectivity index (χ1) is 4.84. The number of hydrogen-bond acceptors (Lipinski definition) is 4. The molecule has 3 nitrogen and oxygen atoms in total. The second-order valence-corrected chi connectivity index (χ2v) is 2.56. The van der Waals surface area contributed by atoms with Crippen molar-refractivity contribution in [2.45, 2.75) is 0 Å². The highest BCUT2D eigenvalue weighted by molar-refractivity contribution is 8.02. The Morgan fingerprint density at radius 2 is 2.70 bits per heavy atom. The zero-order valence-corrected chi connectivity index (χ0v) is 6.35. The van der Waals surface area contributed by atoms with Crippen molar-refractivity contribution in [2.75, 3.05) is 12.9 Å². The lowest BCUT2D eigenvalue weighted by atomic mass is 10.4. The van der Waals surface area contributed by atoms with Crippen molar-refractivity contribution < 1.29 is 9.53 Å². The zero-order valence-electron chi connectivity index (χ0n) is 5.53. The molecule has 0 saturated heterocycles. The lowest BCUT2D eigenvalue weighted by Crippen LogP contribution is -2.18. The van der Waals surface area contributed by atoms with Crippen LogP contribution >= 0.6 is 11.8 Å². The number of carbonyl (C=O) groups excluding carboxylic acids is 1. The molecule has 10 heavy (non-hydrogen) atoms. The van der Waals surface area contributed by atoms with Crippen LogP contribution in [0.25, 0.3) is 0 Å². The van der Waals surface area contributed by atoms with Crippen LogP contribution in [0.4, 0.5) is 0 Å². The van der Waals surface area contributed by atoms with Gasteiger partial charge in [-0.2, -0.15) is 0 Å². The second-order valence-electron chi connectivity index (χ2n) is 1.66. The van der Waals surface area contributed by atoms with Crippen molar-refractivity contribution in [3.63, 3.8) is 0 Å². The van der Waals surface area contributed by atoms with E-state index in [2.05, 4.69) is 9.73 Å². The van der Waals surface area contributed by atoms with Crippen LogP contribution in [0.3, 0.4) is 0 Å². The summed E-state index contributed by atoms with van der Waals surface area (Å²) >= 11 is 1.53. The molecule has 4 heteroatoms. The molecule has 0 radical (unpaired) electrons. The van der Waals surface area contributed by atoms with Gasteiger partial charge in [-0.3, -0.25) is 4.99 Å². The highest BCUT2D eigenvalue weighted by atomic mass is 32.2. The summed E-state index contributed by atoms with van der Waals surface area (Å²) in [6.45, 7) is 0. The monoisotopic (exact) mass is 157 g/mol. The first kappa shape index (κ1) is 7.34. The van der Waals surface area contributed by atoms with Gasteiger partial charge in [0.1, 0.15) is 5.71 Å². The Balaban J connectivity index is 2.62. The molecule has 0 N–H and O–H groups in total.